The minimum Gasteiger partial charge on any atom is -0.210 e. The normalized spacial score (nSPS) is 16.4. The summed E-state index contributed by atoms with van der Waals surface area (Å²) in [5, 5.41) is 0. The van der Waals surface area contributed by atoms with Crippen LogP contribution in [-0.4, -0.2) is 0 Å². The molecule has 0 aliphatic heterocycles. The van der Waals surface area contributed by atoms with Crippen molar-refractivity contribution in [3.63, 3.8) is 0 Å². The van der Waals surface area contributed by atoms with Crippen LogP contribution in [0.1, 0.15) is 30.4 Å². The summed E-state index contributed by atoms with van der Waals surface area (Å²) in [6.07, 6.45) is 6.87. The summed E-state index contributed by atoms with van der Waals surface area (Å²) in [4.78, 5) is 0. The summed E-state index contributed by atoms with van der Waals surface area (Å²) in [6, 6.07) is 6.75. The van der Waals surface area contributed by atoms with E-state index in [1.807, 2.05) is 0 Å². The third-order valence-electron chi connectivity index (χ3n) is 2.40. The summed E-state index contributed by atoms with van der Waals surface area (Å²) in [6.45, 7) is 0. The van der Waals surface area contributed by atoms with Gasteiger partial charge in [0.1, 0.15) is 0 Å². The van der Waals surface area contributed by atoms with Gasteiger partial charge >= 0.3 is 18.9 Å². The first-order valence-electron chi connectivity index (χ1n) is 4.20. The smallest absolute Gasteiger partial charge is 0.210 e. The van der Waals surface area contributed by atoms with Gasteiger partial charge in [-0.15, -0.1) is 0 Å². The summed E-state index contributed by atoms with van der Waals surface area (Å²) < 4.78 is 0. The van der Waals surface area contributed by atoms with Gasteiger partial charge in [0.05, 0.1) is 0 Å². The summed E-state index contributed by atoms with van der Waals surface area (Å²) in [5.74, 6) is 0. The Bertz CT molecular complexity index is 192. The van der Waals surface area contributed by atoms with Gasteiger partial charge in [-0.2, -0.15) is 23.3 Å². The first-order chi connectivity index (χ1) is 4.97. The van der Waals surface area contributed by atoms with Crippen LogP contribution in [0.4, 0.5) is 0 Å². The first-order valence-corrected chi connectivity index (χ1v) is 4.20. The third-order valence-corrected chi connectivity index (χ3v) is 2.40. The topological polar surface area (TPSA) is 0 Å². The van der Waals surface area contributed by atoms with Crippen molar-refractivity contribution >= 4 is 0 Å². The van der Waals surface area contributed by atoms with Crippen molar-refractivity contribution in [3.8, 4) is 0 Å². The molecule has 1 aromatic carbocycles. The number of aryl methyl sites for hydroxylation is 2. The Hall–Kier alpha value is -0.0526. The molecule has 1 aliphatic rings. The van der Waals surface area contributed by atoms with Crippen LogP contribution in [0.5, 0.6) is 0 Å². The van der Waals surface area contributed by atoms with E-state index in [0.717, 1.165) is 0 Å². The largest absolute Gasteiger partial charge is 1.00 e. The molecular weight excluding hydrogens is 127 g/mol. The molecule has 0 bridgehead atoms. The molecule has 0 saturated carbocycles. The monoisotopic (exact) mass is 140 g/mol. The molecule has 0 amide bonds. The number of rotatable bonds is 0. The molecule has 0 saturated heterocycles. The van der Waals surface area contributed by atoms with E-state index in [9.17, 15) is 0 Å². The van der Waals surface area contributed by atoms with Crippen LogP contribution in [-0.2, 0) is 12.8 Å². The first kappa shape index (κ1) is 9.04. The van der Waals surface area contributed by atoms with E-state index in [2.05, 4.69) is 18.2 Å². The van der Waals surface area contributed by atoms with Crippen LogP contribution in [0, 0.1) is 0 Å². The van der Waals surface area contributed by atoms with Gasteiger partial charge in [0.2, 0.25) is 0 Å². The van der Waals surface area contributed by atoms with E-state index in [1.54, 1.807) is 11.1 Å². The maximum Gasteiger partial charge on any atom is 1.00 e. The summed E-state index contributed by atoms with van der Waals surface area (Å²) in [7, 11) is 0. The Morgan fingerprint density at radius 3 is 2.82 bits per heavy atom. The van der Waals surface area contributed by atoms with Gasteiger partial charge in [-0.1, -0.05) is 32.1 Å². The Balaban J connectivity index is 0.000000605. The van der Waals surface area contributed by atoms with Gasteiger partial charge in [0, 0.05) is 0 Å². The van der Waals surface area contributed by atoms with Crippen LogP contribution in [0.2, 0.25) is 0 Å². The standard InChI is InChI=1S/C10H13.Li/c1-2-5-9-7-4-8-10(9)6-3-1;/h4,7-8H,1-3,5-6H2;/q-1;+1. The predicted molar refractivity (Wildman–Crippen MR) is 43.3 cm³/mol. The second kappa shape index (κ2) is 4.09. The fourth-order valence-corrected chi connectivity index (χ4v) is 1.79. The maximum atomic E-state index is 2.28. The molecule has 0 radical (unpaired) electrons. The Morgan fingerprint density at radius 2 is 1.91 bits per heavy atom. The molecular formula is C10H13Li. The summed E-state index contributed by atoms with van der Waals surface area (Å²) >= 11 is 0. The molecule has 0 unspecified atom stereocenters. The van der Waals surface area contributed by atoms with Gasteiger partial charge in [-0.3, -0.25) is 0 Å². The average Bonchev–Trinajstić information content (AvgIpc) is 2.28. The van der Waals surface area contributed by atoms with Crippen molar-refractivity contribution in [1.82, 2.24) is 0 Å². The molecule has 0 spiro atoms. The van der Waals surface area contributed by atoms with E-state index < -0.39 is 0 Å². The molecule has 0 heterocycles. The van der Waals surface area contributed by atoms with Gasteiger partial charge in [-0.25, -0.2) is 6.07 Å². The number of fused-ring (bicyclic) bond motifs is 1. The fourth-order valence-electron chi connectivity index (χ4n) is 1.79. The Kier molecular flexibility index (Phi) is 3.36. The molecule has 1 aliphatic carbocycles. The molecule has 54 valence electrons. The van der Waals surface area contributed by atoms with Crippen molar-refractivity contribution < 1.29 is 18.9 Å². The molecule has 0 N–H and O–H groups in total. The fraction of sp³-hybridized carbons (Fsp3) is 0.500. The average molecular weight is 140 g/mol. The second-order valence-electron chi connectivity index (χ2n) is 3.14. The predicted octanol–water partition coefficient (Wildman–Crippen LogP) is -0.322. The van der Waals surface area contributed by atoms with Gasteiger partial charge in [0.25, 0.3) is 0 Å². The van der Waals surface area contributed by atoms with Gasteiger partial charge in [-0.05, 0) is 0 Å². The molecule has 0 aromatic heterocycles. The Labute approximate surface area is 80.5 Å². The van der Waals surface area contributed by atoms with E-state index in [-0.39, 0.29) is 18.9 Å². The van der Waals surface area contributed by atoms with Crippen molar-refractivity contribution in [2.24, 2.45) is 0 Å². The molecule has 2 rings (SSSR count). The molecule has 11 heavy (non-hydrogen) atoms. The Morgan fingerprint density at radius 1 is 1.09 bits per heavy atom. The zero-order valence-corrected chi connectivity index (χ0v) is 7.27. The third kappa shape index (κ3) is 1.95. The van der Waals surface area contributed by atoms with Crippen molar-refractivity contribution in [1.29, 1.82) is 0 Å². The minimum atomic E-state index is 0. The van der Waals surface area contributed by atoms with Crippen molar-refractivity contribution in [2.45, 2.75) is 32.1 Å². The number of hydrogen-bond donors (Lipinski definition) is 0. The van der Waals surface area contributed by atoms with E-state index in [1.165, 1.54) is 32.1 Å². The molecule has 1 aromatic rings. The summed E-state index contributed by atoms with van der Waals surface area (Å²) in [5.41, 5.74) is 3.22. The molecule has 0 nitrogen and oxygen atoms in total. The van der Waals surface area contributed by atoms with Crippen LogP contribution in [0.15, 0.2) is 18.2 Å². The zero-order valence-electron chi connectivity index (χ0n) is 7.27. The van der Waals surface area contributed by atoms with Gasteiger partial charge in [0.15, 0.2) is 0 Å². The second-order valence-corrected chi connectivity index (χ2v) is 3.14. The van der Waals surface area contributed by atoms with E-state index in [0.29, 0.717) is 0 Å². The molecule has 0 fully saturated rings. The van der Waals surface area contributed by atoms with Gasteiger partial charge < -0.3 is 0 Å². The van der Waals surface area contributed by atoms with Crippen LogP contribution in [0.25, 0.3) is 0 Å². The minimum absolute atomic E-state index is 0. The number of hydrogen-bond acceptors (Lipinski definition) is 0. The quantitative estimate of drug-likeness (QED) is 0.263. The van der Waals surface area contributed by atoms with Crippen LogP contribution < -0.4 is 18.9 Å². The zero-order chi connectivity index (χ0) is 6.81. The van der Waals surface area contributed by atoms with Crippen LogP contribution in [0.3, 0.4) is 0 Å². The molecule has 0 atom stereocenters. The van der Waals surface area contributed by atoms with E-state index in [4.69, 9.17) is 0 Å². The SMILES string of the molecule is [Li+].c1cc2c([cH-]1)CCCCC2. The van der Waals surface area contributed by atoms with E-state index >= 15 is 0 Å². The molecule has 1 heteroatoms. The van der Waals surface area contributed by atoms with Crippen LogP contribution >= 0.6 is 0 Å². The van der Waals surface area contributed by atoms with Crippen molar-refractivity contribution in [3.05, 3.63) is 29.3 Å². The maximum absolute atomic E-state index is 2.28. The van der Waals surface area contributed by atoms with Crippen molar-refractivity contribution in [2.75, 3.05) is 0 Å².